The van der Waals surface area contributed by atoms with E-state index in [-0.39, 0.29) is 11.5 Å². The van der Waals surface area contributed by atoms with Gasteiger partial charge in [-0.05, 0) is 28.0 Å². The number of aromatic nitrogens is 2. The zero-order chi connectivity index (χ0) is 14.8. The maximum absolute atomic E-state index is 4.36. The van der Waals surface area contributed by atoms with Crippen LogP contribution in [-0.4, -0.2) is 16.3 Å². The van der Waals surface area contributed by atoms with Gasteiger partial charge in [0.25, 0.3) is 0 Å². The van der Waals surface area contributed by atoms with Gasteiger partial charge in [0.15, 0.2) is 0 Å². The van der Waals surface area contributed by atoms with Gasteiger partial charge in [-0.1, -0.05) is 51.1 Å². The van der Waals surface area contributed by atoms with E-state index in [4.69, 9.17) is 0 Å². The second kappa shape index (κ2) is 6.10. The smallest absolute Gasteiger partial charge is 0.0701 e. The summed E-state index contributed by atoms with van der Waals surface area (Å²) in [7, 11) is 1.99. The van der Waals surface area contributed by atoms with Gasteiger partial charge in [-0.25, -0.2) is 0 Å². The molecule has 1 heterocycles. The third kappa shape index (κ3) is 2.81. The molecule has 2 rings (SSSR count). The zero-order valence-corrected chi connectivity index (χ0v) is 14.1. The molecular weight excluding hydrogens is 314 g/mol. The van der Waals surface area contributed by atoms with Crippen molar-refractivity contribution in [2.45, 2.75) is 32.2 Å². The fourth-order valence-corrected chi connectivity index (χ4v) is 3.25. The highest BCUT2D eigenvalue weighted by molar-refractivity contribution is 9.10. The van der Waals surface area contributed by atoms with Gasteiger partial charge in [-0.2, -0.15) is 5.10 Å². The number of benzene rings is 1. The molecule has 0 aliphatic rings. The van der Waals surface area contributed by atoms with Gasteiger partial charge in [-0.15, -0.1) is 0 Å². The minimum Gasteiger partial charge on any atom is -0.308 e. The Kier molecular flexibility index (Phi) is 4.66. The average molecular weight is 336 g/mol. The molecule has 1 unspecified atom stereocenters. The molecule has 4 heteroatoms. The van der Waals surface area contributed by atoms with Gasteiger partial charge in [0.2, 0.25) is 0 Å². The molecule has 0 spiro atoms. The van der Waals surface area contributed by atoms with E-state index in [0.717, 1.165) is 11.0 Å². The summed E-state index contributed by atoms with van der Waals surface area (Å²) in [6.45, 7) is 7.60. The van der Waals surface area contributed by atoms with E-state index in [0.29, 0.717) is 0 Å². The second-order valence-corrected chi connectivity index (χ2v) is 6.43. The van der Waals surface area contributed by atoms with Crippen LogP contribution in [0.25, 0.3) is 0 Å². The molecule has 0 amide bonds. The normalized spacial score (nSPS) is 13.4. The predicted octanol–water partition coefficient (Wildman–Crippen LogP) is 3.81. The standard InChI is InChI=1S/C16H22BrN3/c1-5-18-15(14-13(17)11-19-20(14)4)16(2,3)12-9-7-6-8-10-12/h6-11,15,18H,5H2,1-4H3. The molecule has 0 bridgehead atoms. The summed E-state index contributed by atoms with van der Waals surface area (Å²) in [5, 5.41) is 7.97. The molecule has 0 saturated heterocycles. The molecule has 1 atom stereocenters. The summed E-state index contributed by atoms with van der Waals surface area (Å²) in [6, 6.07) is 10.8. The quantitative estimate of drug-likeness (QED) is 0.900. The lowest BCUT2D eigenvalue weighted by molar-refractivity contribution is 0.336. The van der Waals surface area contributed by atoms with Crippen LogP contribution in [0.4, 0.5) is 0 Å². The lowest BCUT2D eigenvalue weighted by Crippen LogP contribution is -2.38. The van der Waals surface area contributed by atoms with Crippen molar-refractivity contribution < 1.29 is 0 Å². The van der Waals surface area contributed by atoms with Gasteiger partial charge in [0, 0.05) is 12.5 Å². The molecule has 0 saturated carbocycles. The average Bonchev–Trinajstić information content (AvgIpc) is 2.76. The molecule has 20 heavy (non-hydrogen) atoms. The van der Waals surface area contributed by atoms with E-state index >= 15 is 0 Å². The number of likely N-dealkylation sites (N-methyl/N-ethyl adjacent to an activating group) is 1. The van der Waals surface area contributed by atoms with Crippen LogP contribution in [0.1, 0.15) is 38.1 Å². The summed E-state index contributed by atoms with van der Waals surface area (Å²) in [5.41, 5.74) is 2.47. The fraction of sp³-hybridized carbons (Fsp3) is 0.438. The van der Waals surface area contributed by atoms with Crippen molar-refractivity contribution in [2.75, 3.05) is 6.54 Å². The third-order valence-electron chi connectivity index (χ3n) is 3.86. The molecule has 0 fully saturated rings. The number of halogens is 1. The van der Waals surface area contributed by atoms with Crippen molar-refractivity contribution in [1.29, 1.82) is 0 Å². The van der Waals surface area contributed by atoms with E-state index in [1.54, 1.807) is 0 Å². The number of hydrogen-bond acceptors (Lipinski definition) is 2. The van der Waals surface area contributed by atoms with Gasteiger partial charge in [0.05, 0.1) is 22.4 Å². The van der Waals surface area contributed by atoms with Crippen LogP contribution < -0.4 is 5.32 Å². The fourth-order valence-electron chi connectivity index (χ4n) is 2.68. The van der Waals surface area contributed by atoms with E-state index in [1.165, 1.54) is 11.3 Å². The summed E-state index contributed by atoms with van der Waals surface area (Å²) in [4.78, 5) is 0. The Morgan fingerprint density at radius 3 is 2.45 bits per heavy atom. The lowest BCUT2D eigenvalue weighted by Gasteiger charge is -2.36. The summed E-state index contributed by atoms with van der Waals surface area (Å²) in [5.74, 6) is 0. The molecule has 1 aromatic heterocycles. The van der Waals surface area contributed by atoms with Crippen LogP contribution in [0, 0.1) is 0 Å². The SMILES string of the molecule is CCNC(c1c(Br)cnn1C)C(C)(C)c1ccccc1. The van der Waals surface area contributed by atoms with E-state index in [2.05, 4.69) is 77.4 Å². The van der Waals surface area contributed by atoms with Crippen LogP contribution in [-0.2, 0) is 12.5 Å². The first-order valence-electron chi connectivity index (χ1n) is 6.94. The highest BCUT2D eigenvalue weighted by Gasteiger charge is 2.35. The van der Waals surface area contributed by atoms with Crippen molar-refractivity contribution in [3.05, 3.63) is 52.3 Å². The Morgan fingerprint density at radius 2 is 1.95 bits per heavy atom. The van der Waals surface area contributed by atoms with Crippen LogP contribution in [0.2, 0.25) is 0 Å². The third-order valence-corrected chi connectivity index (χ3v) is 4.47. The molecule has 1 N–H and O–H groups in total. The first-order chi connectivity index (χ1) is 9.48. The lowest BCUT2D eigenvalue weighted by atomic mass is 9.76. The Morgan fingerprint density at radius 1 is 1.30 bits per heavy atom. The maximum atomic E-state index is 4.36. The van der Waals surface area contributed by atoms with Crippen molar-refractivity contribution in [3.63, 3.8) is 0 Å². The highest BCUT2D eigenvalue weighted by Crippen LogP contribution is 2.39. The van der Waals surface area contributed by atoms with Crippen molar-refractivity contribution in [3.8, 4) is 0 Å². The van der Waals surface area contributed by atoms with Gasteiger partial charge in [0.1, 0.15) is 0 Å². The monoisotopic (exact) mass is 335 g/mol. The first kappa shape index (κ1) is 15.3. The van der Waals surface area contributed by atoms with Crippen molar-refractivity contribution in [2.24, 2.45) is 7.05 Å². The molecule has 0 aliphatic carbocycles. The zero-order valence-electron chi connectivity index (χ0n) is 12.5. The molecule has 108 valence electrons. The van der Waals surface area contributed by atoms with E-state index < -0.39 is 0 Å². The van der Waals surface area contributed by atoms with Crippen LogP contribution in [0.3, 0.4) is 0 Å². The Balaban J connectivity index is 2.48. The summed E-state index contributed by atoms with van der Waals surface area (Å²) >= 11 is 3.63. The van der Waals surface area contributed by atoms with Crippen LogP contribution >= 0.6 is 15.9 Å². The van der Waals surface area contributed by atoms with Crippen LogP contribution in [0.5, 0.6) is 0 Å². The largest absolute Gasteiger partial charge is 0.308 e. The minimum absolute atomic E-state index is 0.0341. The molecule has 0 radical (unpaired) electrons. The van der Waals surface area contributed by atoms with Gasteiger partial charge >= 0.3 is 0 Å². The first-order valence-corrected chi connectivity index (χ1v) is 7.74. The van der Waals surface area contributed by atoms with Crippen molar-refractivity contribution >= 4 is 15.9 Å². The predicted molar refractivity (Wildman–Crippen MR) is 86.8 cm³/mol. The molecule has 1 aromatic carbocycles. The number of hydrogen-bond donors (Lipinski definition) is 1. The van der Waals surface area contributed by atoms with Crippen LogP contribution in [0.15, 0.2) is 41.0 Å². The summed E-state index contributed by atoms with van der Waals surface area (Å²) in [6.07, 6.45) is 1.86. The molecule has 2 aromatic rings. The summed E-state index contributed by atoms with van der Waals surface area (Å²) < 4.78 is 3.00. The van der Waals surface area contributed by atoms with Crippen molar-refractivity contribution in [1.82, 2.24) is 15.1 Å². The topological polar surface area (TPSA) is 29.9 Å². The molecule has 0 aliphatic heterocycles. The Bertz CT molecular complexity index is 541. The van der Waals surface area contributed by atoms with Gasteiger partial charge in [-0.3, -0.25) is 4.68 Å². The highest BCUT2D eigenvalue weighted by atomic mass is 79.9. The Hall–Kier alpha value is -1.13. The van der Waals surface area contributed by atoms with E-state index in [1.807, 2.05) is 17.9 Å². The molecule has 3 nitrogen and oxygen atoms in total. The van der Waals surface area contributed by atoms with Gasteiger partial charge < -0.3 is 5.32 Å². The number of aryl methyl sites for hydroxylation is 1. The molecular formula is C16H22BrN3. The number of rotatable bonds is 5. The minimum atomic E-state index is -0.0341. The Labute approximate surface area is 129 Å². The number of nitrogens with zero attached hydrogens (tertiary/aromatic N) is 2. The number of nitrogens with one attached hydrogen (secondary N) is 1. The maximum Gasteiger partial charge on any atom is 0.0701 e. The van der Waals surface area contributed by atoms with E-state index in [9.17, 15) is 0 Å². The second-order valence-electron chi connectivity index (χ2n) is 5.58.